The van der Waals surface area contributed by atoms with Crippen LogP contribution in [0.3, 0.4) is 0 Å². The summed E-state index contributed by atoms with van der Waals surface area (Å²) in [7, 11) is 0. The Bertz CT molecular complexity index is 632. The number of aryl methyl sites for hydroxylation is 2. The van der Waals surface area contributed by atoms with E-state index in [9.17, 15) is 9.90 Å². The summed E-state index contributed by atoms with van der Waals surface area (Å²) in [5.74, 6) is 0.816. The van der Waals surface area contributed by atoms with Crippen LogP contribution in [-0.2, 0) is 4.74 Å². The molecule has 0 unspecified atom stereocenters. The van der Waals surface area contributed by atoms with Gasteiger partial charge in [0.05, 0.1) is 11.6 Å². The molecule has 2 heterocycles. The molecule has 140 valence electrons. The lowest BCUT2D eigenvalue weighted by atomic mass is 9.95. The quantitative estimate of drug-likeness (QED) is 0.876. The van der Waals surface area contributed by atoms with Crippen LogP contribution in [0, 0.1) is 13.8 Å². The third-order valence-electron chi connectivity index (χ3n) is 4.30. The summed E-state index contributed by atoms with van der Waals surface area (Å²) in [6.45, 7) is 13.5. The van der Waals surface area contributed by atoms with Crippen molar-refractivity contribution in [1.82, 2.24) is 9.88 Å². The number of ether oxygens (including phenoxy) is 1. The Morgan fingerprint density at radius 1 is 1.32 bits per heavy atom. The predicted octanol–water partition coefficient (Wildman–Crippen LogP) is 3.26. The molecule has 0 aromatic carbocycles. The maximum Gasteiger partial charge on any atom is 0.410 e. The maximum atomic E-state index is 12.6. The van der Waals surface area contributed by atoms with E-state index >= 15 is 0 Å². The number of aromatic nitrogens is 1. The van der Waals surface area contributed by atoms with Gasteiger partial charge in [-0.05, 0) is 66.0 Å². The first-order valence-corrected chi connectivity index (χ1v) is 8.78. The molecule has 1 aromatic heterocycles. The van der Waals surface area contributed by atoms with Crippen molar-refractivity contribution < 1.29 is 14.6 Å². The summed E-state index contributed by atoms with van der Waals surface area (Å²) in [4.78, 5) is 18.7. The van der Waals surface area contributed by atoms with Crippen molar-refractivity contribution in [2.45, 2.75) is 78.2 Å². The number of nitrogens with zero attached hydrogens (tertiary/aromatic N) is 2. The fraction of sp³-hybridized carbons (Fsp3) is 0.684. The lowest BCUT2D eigenvalue weighted by molar-refractivity contribution is -0.0240. The number of likely N-dealkylation sites (tertiary alicyclic amines) is 1. The maximum absolute atomic E-state index is 12.6. The predicted molar refractivity (Wildman–Crippen MR) is 98.8 cm³/mol. The lowest BCUT2D eigenvalue weighted by Gasteiger charge is -2.34. The van der Waals surface area contributed by atoms with Gasteiger partial charge in [-0.2, -0.15) is 0 Å². The highest BCUT2D eigenvalue weighted by atomic mass is 16.6. The number of hydrogen-bond acceptors (Lipinski definition) is 5. The molecule has 1 saturated heterocycles. The second-order valence-corrected chi connectivity index (χ2v) is 8.56. The topological polar surface area (TPSA) is 74.7 Å². The molecule has 2 N–H and O–H groups in total. The van der Waals surface area contributed by atoms with Crippen molar-refractivity contribution in [3.05, 3.63) is 23.4 Å². The average Bonchev–Trinajstić information content (AvgIpc) is 2.84. The van der Waals surface area contributed by atoms with Crippen molar-refractivity contribution >= 4 is 11.9 Å². The largest absolute Gasteiger partial charge is 0.444 e. The number of carbonyl (C=O) groups is 1. The van der Waals surface area contributed by atoms with Gasteiger partial charge in [-0.3, -0.25) is 0 Å². The van der Waals surface area contributed by atoms with E-state index in [4.69, 9.17) is 4.74 Å². The van der Waals surface area contributed by atoms with Crippen molar-refractivity contribution in [2.75, 3.05) is 11.9 Å². The standard InChI is InChI=1S/C19H31N3O3/c1-12-8-13(2)16(20-10-12)21-14-9-15(19(6,7)24)22(11-14)17(23)25-18(3,4)5/h8,10,14-15,24H,9,11H2,1-7H3,(H,20,21)/t14-,15-/m0/s1. The molecule has 1 amide bonds. The van der Waals surface area contributed by atoms with Gasteiger partial charge in [-0.15, -0.1) is 0 Å². The van der Waals surface area contributed by atoms with Crippen LogP contribution in [0.25, 0.3) is 0 Å². The van der Waals surface area contributed by atoms with E-state index in [2.05, 4.69) is 16.4 Å². The summed E-state index contributed by atoms with van der Waals surface area (Å²) in [6, 6.07) is 1.77. The van der Waals surface area contributed by atoms with Crippen LogP contribution in [0.1, 0.15) is 52.2 Å². The van der Waals surface area contributed by atoms with Gasteiger partial charge in [0.25, 0.3) is 0 Å². The SMILES string of the molecule is Cc1cnc(N[C@H]2C[C@@H](C(C)(C)O)N(C(=O)OC(C)(C)C)C2)c(C)c1. The molecule has 1 aromatic rings. The van der Waals surface area contributed by atoms with Crippen molar-refractivity contribution in [3.8, 4) is 0 Å². The summed E-state index contributed by atoms with van der Waals surface area (Å²) in [6.07, 6.45) is 2.07. The Morgan fingerprint density at radius 2 is 1.96 bits per heavy atom. The molecular formula is C19H31N3O3. The average molecular weight is 349 g/mol. The Balaban J connectivity index is 2.16. The van der Waals surface area contributed by atoms with Crippen LogP contribution in [0.15, 0.2) is 12.3 Å². The Kier molecular flexibility index (Phi) is 5.33. The van der Waals surface area contributed by atoms with Gasteiger partial charge < -0.3 is 20.1 Å². The van der Waals surface area contributed by atoms with Crippen LogP contribution in [0.5, 0.6) is 0 Å². The molecule has 0 radical (unpaired) electrons. The molecule has 1 fully saturated rings. The molecule has 6 nitrogen and oxygen atoms in total. The second-order valence-electron chi connectivity index (χ2n) is 8.56. The zero-order valence-electron chi connectivity index (χ0n) is 16.4. The minimum atomic E-state index is -1.01. The number of nitrogens with one attached hydrogen (secondary N) is 1. The monoisotopic (exact) mass is 349 g/mol. The third kappa shape index (κ3) is 5.08. The zero-order chi connectivity index (χ0) is 19.0. The summed E-state index contributed by atoms with van der Waals surface area (Å²) in [5.41, 5.74) is 0.597. The molecule has 1 aliphatic rings. The number of rotatable bonds is 3. The van der Waals surface area contributed by atoms with Crippen molar-refractivity contribution in [1.29, 1.82) is 0 Å². The minimum Gasteiger partial charge on any atom is -0.444 e. The first-order valence-electron chi connectivity index (χ1n) is 8.78. The van der Waals surface area contributed by atoms with Crippen molar-refractivity contribution in [3.63, 3.8) is 0 Å². The minimum absolute atomic E-state index is 0.0119. The van der Waals surface area contributed by atoms with Crippen LogP contribution in [0.4, 0.5) is 10.6 Å². The van der Waals surface area contributed by atoms with E-state index in [1.54, 1.807) is 18.7 Å². The third-order valence-corrected chi connectivity index (χ3v) is 4.30. The van der Waals surface area contributed by atoms with Gasteiger partial charge in [-0.1, -0.05) is 6.07 Å². The number of anilines is 1. The van der Waals surface area contributed by atoms with Gasteiger partial charge in [0, 0.05) is 18.8 Å². The Morgan fingerprint density at radius 3 is 2.48 bits per heavy atom. The smallest absolute Gasteiger partial charge is 0.410 e. The molecule has 1 aliphatic heterocycles. The number of carbonyl (C=O) groups excluding carboxylic acids is 1. The van der Waals surface area contributed by atoms with E-state index in [0.717, 1.165) is 16.9 Å². The second kappa shape index (κ2) is 6.83. The van der Waals surface area contributed by atoms with Crippen LogP contribution < -0.4 is 5.32 Å². The van der Waals surface area contributed by atoms with E-state index in [1.807, 2.05) is 40.8 Å². The molecule has 25 heavy (non-hydrogen) atoms. The highest BCUT2D eigenvalue weighted by Crippen LogP contribution is 2.30. The van der Waals surface area contributed by atoms with Gasteiger partial charge in [0.15, 0.2) is 0 Å². The molecular weight excluding hydrogens is 318 g/mol. The van der Waals surface area contributed by atoms with Crippen LogP contribution in [0.2, 0.25) is 0 Å². The number of aliphatic hydroxyl groups is 1. The number of pyridine rings is 1. The lowest BCUT2D eigenvalue weighted by Crippen LogP contribution is -2.49. The highest BCUT2D eigenvalue weighted by molar-refractivity contribution is 5.69. The van der Waals surface area contributed by atoms with Gasteiger partial charge in [0.1, 0.15) is 11.4 Å². The highest BCUT2D eigenvalue weighted by Gasteiger charge is 2.44. The van der Waals surface area contributed by atoms with E-state index in [-0.39, 0.29) is 12.1 Å². The molecule has 0 spiro atoms. The fourth-order valence-electron chi connectivity index (χ4n) is 3.19. The summed E-state index contributed by atoms with van der Waals surface area (Å²) >= 11 is 0. The van der Waals surface area contributed by atoms with Gasteiger partial charge in [-0.25, -0.2) is 9.78 Å². The van der Waals surface area contributed by atoms with Crippen LogP contribution in [-0.4, -0.2) is 50.9 Å². The first kappa shape index (κ1) is 19.5. The normalized spacial score (nSPS) is 21.4. The molecule has 0 saturated carbocycles. The summed E-state index contributed by atoms with van der Waals surface area (Å²) < 4.78 is 5.52. The molecule has 0 bridgehead atoms. The van der Waals surface area contributed by atoms with Crippen LogP contribution >= 0.6 is 0 Å². The molecule has 6 heteroatoms. The van der Waals surface area contributed by atoms with E-state index in [1.165, 1.54) is 0 Å². The van der Waals surface area contributed by atoms with E-state index in [0.29, 0.717) is 13.0 Å². The first-order chi connectivity index (χ1) is 11.4. The van der Waals surface area contributed by atoms with Gasteiger partial charge >= 0.3 is 6.09 Å². The summed E-state index contributed by atoms with van der Waals surface area (Å²) in [5, 5.41) is 13.9. The number of amides is 1. The molecule has 2 rings (SSSR count). The Hall–Kier alpha value is -1.82. The number of hydrogen-bond donors (Lipinski definition) is 2. The fourth-order valence-corrected chi connectivity index (χ4v) is 3.19. The van der Waals surface area contributed by atoms with Crippen molar-refractivity contribution in [2.24, 2.45) is 0 Å². The van der Waals surface area contributed by atoms with E-state index < -0.39 is 17.3 Å². The molecule has 2 atom stereocenters. The van der Waals surface area contributed by atoms with Gasteiger partial charge in [0.2, 0.25) is 0 Å². The zero-order valence-corrected chi connectivity index (χ0v) is 16.4. The Labute approximate surface area is 150 Å². The molecule has 0 aliphatic carbocycles.